The van der Waals surface area contributed by atoms with Gasteiger partial charge in [0.05, 0.1) is 23.1 Å². The molecular weight excluding hydrogens is 518 g/mol. The molecule has 0 radical (unpaired) electrons. The molecule has 1 aliphatic rings. The van der Waals surface area contributed by atoms with E-state index in [0.29, 0.717) is 35.8 Å². The lowest BCUT2D eigenvalue weighted by molar-refractivity contribution is 0.0729. The molecule has 39 heavy (non-hydrogen) atoms. The highest BCUT2D eigenvalue weighted by atomic mass is 32.2. The molecule has 0 spiro atoms. The zero-order valence-electron chi connectivity index (χ0n) is 22.3. The average Bonchev–Trinajstić information content (AvgIpc) is 3.20. The van der Waals surface area contributed by atoms with Crippen LogP contribution >= 0.6 is 0 Å². The van der Waals surface area contributed by atoms with Crippen molar-refractivity contribution in [2.45, 2.75) is 51.0 Å². The number of aromatic nitrogens is 3. The molecular formula is C28H31N5O5S. The molecule has 1 aromatic heterocycles. The molecule has 0 bridgehead atoms. The maximum Gasteiger partial charge on any atom is 0.343 e. The summed E-state index contributed by atoms with van der Waals surface area (Å²) < 4.78 is 39.7. The second-order valence-corrected chi connectivity index (χ2v) is 10.9. The van der Waals surface area contributed by atoms with Gasteiger partial charge in [0.1, 0.15) is 11.9 Å². The van der Waals surface area contributed by atoms with Crippen LogP contribution < -0.4 is 9.47 Å². The first-order chi connectivity index (χ1) is 18.8. The monoisotopic (exact) mass is 549 g/mol. The van der Waals surface area contributed by atoms with Crippen LogP contribution in [0.25, 0.3) is 11.6 Å². The van der Waals surface area contributed by atoms with Gasteiger partial charge in [-0.05, 0) is 60.9 Å². The summed E-state index contributed by atoms with van der Waals surface area (Å²) in [4.78, 5) is 12.9. The third-order valence-corrected chi connectivity index (χ3v) is 8.67. The Labute approximate surface area is 228 Å². The van der Waals surface area contributed by atoms with Crippen LogP contribution in [0.5, 0.6) is 11.5 Å². The van der Waals surface area contributed by atoms with Crippen LogP contribution in [0, 0.1) is 11.3 Å². The number of nitriles is 1. The molecule has 2 heterocycles. The molecule has 11 heteroatoms. The number of rotatable bonds is 9. The van der Waals surface area contributed by atoms with E-state index in [4.69, 9.17) is 9.47 Å². The number of carbonyl (C=O) groups is 1. The lowest BCUT2D eigenvalue weighted by Crippen LogP contribution is -2.30. The number of esters is 1. The van der Waals surface area contributed by atoms with E-state index in [0.717, 1.165) is 38.1 Å². The van der Waals surface area contributed by atoms with Crippen molar-refractivity contribution in [2.24, 2.45) is 0 Å². The molecule has 0 saturated heterocycles. The standard InChI is InChI=1S/C28H31N5O5S/c1-4-32(5-2)39(35,36)23-13-11-21(12-14-23)28(34)38-24-15-10-20(18-25(24)37-3)17-22(19-29)27-31-30-26-9-7-6-8-16-33(26)27/h10-15,17-18H,4-9,16H2,1-3H3. The van der Waals surface area contributed by atoms with Crippen molar-refractivity contribution in [3.05, 3.63) is 65.2 Å². The van der Waals surface area contributed by atoms with Crippen molar-refractivity contribution in [1.29, 1.82) is 5.26 Å². The van der Waals surface area contributed by atoms with E-state index in [1.54, 1.807) is 38.1 Å². The first-order valence-electron chi connectivity index (χ1n) is 12.9. The Balaban J connectivity index is 1.54. The fourth-order valence-corrected chi connectivity index (χ4v) is 5.95. The first kappa shape index (κ1) is 28.0. The van der Waals surface area contributed by atoms with Gasteiger partial charge in [0.15, 0.2) is 17.3 Å². The summed E-state index contributed by atoms with van der Waals surface area (Å²) in [6.07, 6.45) is 5.73. The SMILES string of the molecule is CCN(CC)S(=O)(=O)c1ccc(C(=O)Oc2ccc(C=C(C#N)c3nnc4n3CCCCC4)cc2OC)cc1. The predicted molar refractivity (Wildman–Crippen MR) is 146 cm³/mol. The Morgan fingerprint density at radius 3 is 2.49 bits per heavy atom. The maximum atomic E-state index is 12.8. The highest BCUT2D eigenvalue weighted by molar-refractivity contribution is 7.89. The minimum atomic E-state index is -3.63. The van der Waals surface area contributed by atoms with Crippen LogP contribution in [-0.2, 0) is 23.0 Å². The average molecular weight is 550 g/mol. The van der Waals surface area contributed by atoms with Gasteiger partial charge in [-0.15, -0.1) is 10.2 Å². The molecule has 0 atom stereocenters. The van der Waals surface area contributed by atoms with Gasteiger partial charge >= 0.3 is 5.97 Å². The molecule has 0 aliphatic carbocycles. The largest absolute Gasteiger partial charge is 0.493 e. The van der Waals surface area contributed by atoms with E-state index >= 15 is 0 Å². The highest BCUT2D eigenvalue weighted by Crippen LogP contribution is 2.31. The van der Waals surface area contributed by atoms with E-state index < -0.39 is 16.0 Å². The van der Waals surface area contributed by atoms with Gasteiger partial charge in [-0.2, -0.15) is 9.57 Å². The quantitative estimate of drug-likeness (QED) is 0.219. The van der Waals surface area contributed by atoms with Crippen LogP contribution in [0.1, 0.15) is 60.7 Å². The molecule has 0 fully saturated rings. The first-order valence-corrected chi connectivity index (χ1v) is 14.3. The normalized spacial score (nSPS) is 13.9. The molecule has 1 aliphatic heterocycles. The van der Waals surface area contributed by atoms with Crippen LogP contribution in [0.2, 0.25) is 0 Å². The summed E-state index contributed by atoms with van der Waals surface area (Å²) in [5, 5.41) is 18.4. The Hall–Kier alpha value is -4.01. The molecule has 0 amide bonds. The second kappa shape index (κ2) is 12.2. The van der Waals surface area contributed by atoms with Gasteiger partial charge in [-0.1, -0.05) is 26.3 Å². The Morgan fingerprint density at radius 1 is 1.08 bits per heavy atom. The van der Waals surface area contributed by atoms with Gasteiger partial charge in [0.2, 0.25) is 10.0 Å². The van der Waals surface area contributed by atoms with Gasteiger partial charge < -0.3 is 14.0 Å². The summed E-state index contributed by atoms with van der Waals surface area (Å²) in [5.74, 6) is 1.26. The number of methoxy groups -OCH3 is 1. The highest BCUT2D eigenvalue weighted by Gasteiger charge is 2.22. The van der Waals surface area contributed by atoms with E-state index in [1.165, 1.54) is 35.7 Å². The van der Waals surface area contributed by atoms with E-state index in [2.05, 4.69) is 16.3 Å². The predicted octanol–water partition coefficient (Wildman–Crippen LogP) is 4.33. The number of carbonyl (C=O) groups excluding carboxylic acids is 1. The molecule has 0 saturated carbocycles. The van der Waals surface area contributed by atoms with Crippen molar-refractivity contribution < 1.29 is 22.7 Å². The lowest BCUT2D eigenvalue weighted by atomic mass is 10.1. The zero-order valence-corrected chi connectivity index (χ0v) is 23.1. The van der Waals surface area contributed by atoms with Gasteiger partial charge in [-0.25, -0.2) is 13.2 Å². The molecule has 3 aromatic rings. The third kappa shape index (κ3) is 6.02. The molecule has 4 rings (SSSR count). The number of nitrogens with zero attached hydrogens (tertiary/aromatic N) is 5. The van der Waals surface area contributed by atoms with E-state index in [-0.39, 0.29) is 16.2 Å². The Bertz CT molecular complexity index is 1520. The Morgan fingerprint density at radius 2 is 1.82 bits per heavy atom. The molecule has 10 nitrogen and oxygen atoms in total. The van der Waals surface area contributed by atoms with Gasteiger partial charge in [-0.3, -0.25) is 0 Å². The van der Waals surface area contributed by atoms with Crippen molar-refractivity contribution >= 4 is 27.6 Å². The number of aryl methyl sites for hydroxylation is 1. The summed E-state index contributed by atoms with van der Waals surface area (Å²) in [6, 6.07) is 12.8. The second-order valence-electron chi connectivity index (χ2n) is 8.99. The van der Waals surface area contributed by atoms with Crippen LogP contribution in [0.3, 0.4) is 0 Å². The molecule has 2 aromatic carbocycles. The topological polar surface area (TPSA) is 127 Å². The molecule has 0 unspecified atom stereocenters. The summed E-state index contributed by atoms with van der Waals surface area (Å²) >= 11 is 0. The summed E-state index contributed by atoms with van der Waals surface area (Å²) in [6.45, 7) is 5.02. The number of fused-ring (bicyclic) bond motifs is 1. The number of ether oxygens (including phenoxy) is 2. The molecule has 0 N–H and O–H groups in total. The molecule has 204 valence electrons. The van der Waals surface area contributed by atoms with Crippen molar-refractivity contribution in [3.63, 3.8) is 0 Å². The fraction of sp³-hybridized carbons (Fsp3) is 0.357. The lowest BCUT2D eigenvalue weighted by Gasteiger charge is -2.18. The van der Waals surface area contributed by atoms with Crippen molar-refractivity contribution in [1.82, 2.24) is 19.1 Å². The maximum absolute atomic E-state index is 12.8. The number of allylic oxidation sites excluding steroid dienone is 1. The minimum absolute atomic E-state index is 0.106. The number of hydrogen-bond acceptors (Lipinski definition) is 8. The third-order valence-electron chi connectivity index (χ3n) is 6.61. The van der Waals surface area contributed by atoms with Crippen molar-refractivity contribution in [3.8, 4) is 17.6 Å². The van der Waals surface area contributed by atoms with Gasteiger partial charge in [0, 0.05) is 26.1 Å². The summed E-state index contributed by atoms with van der Waals surface area (Å²) in [5.41, 5.74) is 1.24. The fourth-order valence-electron chi connectivity index (χ4n) is 4.49. The van der Waals surface area contributed by atoms with Crippen molar-refractivity contribution in [2.75, 3.05) is 20.2 Å². The minimum Gasteiger partial charge on any atom is -0.493 e. The zero-order chi connectivity index (χ0) is 28.0. The van der Waals surface area contributed by atoms with Crippen LogP contribution in [0.4, 0.5) is 0 Å². The smallest absolute Gasteiger partial charge is 0.343 e. The van der Waals surface area contributed by atoms with Crippen LogP contribution in [-0.4, -0.2) is 53.7 Å². The number of sulfonamides is 1. The van der Waals surface area contributed by atoms with Crippen LogP contribution in [0.15, 0.2) is 47.4 Å². The number of benzene rings is 2. The summed E-state index contributed by atoms with van der Waals surface area (Å²) in [7, 11) is -2.18. The van der Waals surface area contributed by atoms with Gasteiger partial charge in [0.25, 0.3) is 0 Å². The number of hydrogen-bond donors (Lipinski definition) is 0. The van der Waals surface area contributed by atoms with E-state index in [1.807, 2.05) is 4.57 Å². The Kier molecular flexibility index (Phi) is 8.79. The van der Waals surface area contributed by atoms with E-state index in [9.17, 15) is 18.5 Å².